The van der Waals surface area contributed by atoms with Crippen LogP contribution in [-0.2, 0) is 11.2 Å². The molecule has 0 aliphatic heterocycles. The fourth-order valence-electron chi connectivity index (χ4n) is 1.55. The van der Waals surface area contributed by atoms with E-state index in [0.717, 1.165) is 13.0 Å². The van der Waals surface area contributed by atoms with Gasteiger partial charge in [-0.15, -0.1) is 35.3 Å². The summed E-state index contributed by atoms with van der Waals surface area (Å²) in [5.41, 5.74) is 0. The first-order chi connectivity index (χ1) is 10.0. The molecule has 9 heteroatoms. The smallest absolute Gasteiger partial charge is 0.372 e. The monoisotopic (exact) mass is 451 g/mol. The number of rotatable bonds is 8. The summed E-state index contributed by atoms with van der Waals surface area (Å²) in [6.07, 6.45) is -2.86. The molecule has 1 aromatic heterocycles. The number of hydrogen-bond donors (Lipinski definition) is 2. The first kappa shape index (κ1) is 21.4. The van der Waals surface area contributed by atoms with Crippen LogP contribution in [0, 0.1) is 0 Å². The molecule has 1 heterocycles. The number of halogens is 4. The van der Waals surface area contributed by atoms with Gasteiger partial charge in [-0.05, 0) is 24.3 Å². The first-order valence-corrected chi connectivity index (χ1v) is 7.50. The second kappa shape index (κ2) is 11.9. The molecule has 0 atom stereocenters. The van der Waals surface area contributed by atoms with E-state index in [0.29, 0.717) is 18.9 Å². The number of guanidine groups is 1. The maximum atomic E-state index is 11.8. The van der Waals surface area contributed by atoms with Crippen LogP contribution in [0.5, 0.6) is 0 Å². The summed E-state index contributed by atoms with van der Waals surface area (Å²) >= 11 is 1.70. The van der Waals surface area contributed by atoms with E-state index in [-0.39, 0.29) is 30.6 Å². The fraction of sp³-hybridized carbons (Fsp3) is 0.615. The molecule has 0 aliphatic rings. The molecule has 4 nitrogen and oxygen atoms in total. The van der Waals surface area contributed by atoms with Crippen LogP contribution in [0.4, 0.5) is 13.2 Å². The van der Waals surface area contributed by atoms with Gasteiger partial charge in [0.05, 0.1) is 0 Å². The second-order valence-corrected chi connectivity index (χ2v) is 5.31. The first-order valence-electron chi connectivity index (χ1n) is 6.62. The molecule has 0 aliphatic carbocycles. The summed E-state index contributed by atoms with van der Waals surface area (Å²) in [4.78, 5) is 5.33. The summed E-state index contributed by atoms with van der Waals surface area (Å²) in [5, 5.41) is 8.21. The van der Waals surface area contributed by atoms with Gasteiger partial charge in [-0.25, -0.2) is 0 Å². The van der Waals surface area contributed by atoms with Crippen molar-refractivity contribution in [2.24, 2.45) is 4.99 Å². The Kier molecular flexibility index (Phi) is 11.6. The van der Waals surface area contributed by atoms with Crippen molar-refractivity contribution in [1.29, 1.82) is 0 Å². The Balaban J connectivity index is 0.00000441. The van der Waals surface area contributed by atoms with Crippen LogP contribution < -0.4 is 10.6 Å². The Morgan fingerprint density at radius 3 is 2.64 bits per heavy atom. The number of thiophene rings is 1. The molecule has 0 saturated carbocycles. The Morgan fingerprint density at radius 2 is 2.05 bits per heavy atom. The van der Waals surface area contributed by atoms with Crippen LogP contribution >= 0.6 is 35.3 Å². The topological polar surface area (TPSA) is 45.7 Å². The molecule has 0 radical (unpaired) electrons. The molecule has 0 amide bonds. The van der Waals surface area contributed by atoms with Crippen molar-refractivity contribution < 1.29 is 17.9 Å². The number of ether oxygens (including phenoxy) is 1. The van der Waals surface area contributed by atoms with Crippen LogP contribution in [0.2, 0.25) is 0 Å². The Morgan fingerprint density at radius 1 is 1.32 bits per heavy atom. The molecule has 0 spiro atoms. The zero-order valence-corrected chi connectivity index (χ0v) is 15.4. The molecule has 0 fully saturated rings. The fourth-order valence-corrected chi connectivity index (χ4v) is 2.26. The van der Waals surface area contributed by atoms with Crippen molar-refractivity contribution in [3.63, 3.8) is 0 Å². The lowest BCUT2D eigenvalue weighted by atomic mass is 10.3. The van der Waals surface area contributed by atoms with E-state index in [1.54, 1.807) is 18.4 Å². The standard InChI is InChI=1S/C13H20F3N3OS.HI/c1-17-12(19-7-5-11-4-2-9-21-11)18-6-3-8-20-10-13(14,15)16;/h2,4,9H,3,5-8,10H2,1H3,(H2,17,18,19);1H. The zero-order chi connectivity index (χ0) is 15.6. The summed E-state index contributed by atoms with van der Waals surface area (Å²) in [6, 6.07) is 4.08. The van der Waals surface area contributed by atoms with E-state index in [9.17, 15) is 13.2 Å². The van der Waals surface area contributed by atoms with Crippen LogP contribution in [0.25, 0.3) is 0 Å². The predicted octanol–water partition coefficient (Wildman–Crippen LogP) is 3.04. The lowest BCUT2D eigenvalue weighted by Crippen LogP contribution is -2.39. The van der Waals surface area contributed by atoms with Crippen LogP contribution in [0.1, 0.15) is 11.3 Å². The highest BCUT2D eigenvalue weighted by Crippen LogP contribution is 2.14. The van der Waals surface area contributed by atoms with Gasteiger partial charge in [0.15, 0.2) is 5.96 Å². The molecular weight excluding hydrogens is 430 g/mol. The Hall–Kier alpha value is -0.550. The number of hydrogen-bond acceptors (Lipinski definition) is 3. The van der Waals surface area contributed by atoms with Crippen LogP contribution in [0.15, 0.2) is 22.5 Å². The number of alkyl halides is 3. The molecule has 1 aromatic rings. The van der Waals surface area contributed by atoms with E-state index in [2.05, 4.69) is 26.4 Å². The van der Waals surface area contributed by atoms with Crippen molar-refractivity contribution in [2.75, 3.05) is 33.4 Å². The van der Waals surface area contributed by atoms with Crippen molar-refractivity contribution in [3.05, 3.63) is 22.4 Å². The maximum absolute atomic E-state index is 11.8. The third-order valence-corrected chi connectivity index (χ3v) is 3.43. The van der Waals surface area contributed by atoms with Gasteiger partial charge in [-0.3, -0.25) is 4.99 Å². The quantitative estimate of drug-likeness (QED) is 0.277. The molecule has 0 bridgehead atoms. The van der Waals surface area contributed by atoms with Gasteiger partial charge in [0.1, 0.15) is 6.61 Å². The van der Waals surface area contributed by atoms with Crippen molar-refractivity contribution in [3.8, 4) is 0 Å². The van der Waals surface area contributed by atoms with Crippen molar-refractivity contribution in [1.82, 2.24) is 10.6 Å². The van der Waals surface area contributed by atoms with Gasteiger partial charge in [-0.1, -0.05) is 6.07 Å². The van der Waals surface area contributed by atoms with Crippen LogP contribution in [0.3, 0.4) is 0 Å². The summed E-state index contributed by atoms with van der Waals surface area (Å²) in [7, 11) is 1.65. The molecule has 0 aromatic carbocycles. The van der Waals surface area contributed by atoms with Crippen LogP contribution in [-0.4, -0.2) is 45.5 Å². The highest BCUT2D eigenvalue weighted by Gasteiger charge is 2.27. The largest absolute Gasteiger partial charge is 0.411 e. The molecule has 0 saturated heterocycles. The van der Waals surface area contributed by atoms with Gasteiger partial charge >= 0.3 is 6.18 Å². The molecule has 0 unspecified atom stereocenters. The molecule has 1 rings (SSSR count). The second-order valence-electron chi connectivity index (χ2n) is 4.28. The maximum Gasteiger partial charge on any atom is 0.411 e. The van der Waals surface area contributed by atoms with Gasteiger partial charge < -0.3 is 15.4 Å². The number of nitrogens with zero attached hydrogens (tertiary/aromatic N) is 1. The SMILES string of the molecule is CN=C(NCCCOCC(F)(F)F)NCCc1cccs1.I. The minimum Gasteiger partial charge on any atom is -0.372 e. The van der Waals surface area contributed by atoms with Gasteiger partial charge in [-0.2, -0.15) is 13.2 Å². The molecule has 2 N–H and O–H groups in total. The third-order valence-electron chi connectivity index (χ3n) is 2.49. The van der Waals surface area contributed by atoms with Gasteiger partial charge in [0, 0.05) is 31.6 Å². The number of nitrogens with one attached hydrogen (secondary N) is 2. The van der Waals surface area contributed by atoms with E-state index < -0.39 is 12.8 Å². The van der Waals surface area contributed by atoms with Crippen molar-refractivity contribution in [2.45, 2.75) is 19.0 Å². The third kappa shape index (κ3) is 11.1. The van der Waals surface area contributed by atoms with Crippen molar-refractivity contribution >= 4 is 41.3 Å². The van der Waals surface area contributed by atoms with E-state index in [1.165, 1.54) is 4.88 Å². The average molecular weight is 451 g/mol. The van der Waals surface area contributed by atoms with E-state index >= 15 is 0 Å². The Bertz CT molecular complexity index is 413. The minimum atomic E-state index is -4.26. The summed E-state index contributed by atoms with van der Waals surface area (Å²) in [5.74, 6) is 0.641. The minimum absolute atomic E-state index is 0. The lowest BCUT2D eigenvalue weighted by Gasteiger charge is -2.12. The zero-order valence-electron chi connectivity index (χ0n) is 12.3. The highest BCUT2D eigenvalue weighted by atomic mass is 127. The van der Waals surface area contributed by atoms with E-state index in [1.807, 2.05) is 11.4 Å². The summed E-state index contributed by atoms with van der Waals surface area (Å²) < 4.78 is 40.0. The Labute approximate surface area is 149 Å². The summed E-state index contributed by atoms with van der Waals surface area (Å²) in [6.45, 7) is 0.140. The highest BCUT2D eigenvalue weighted by molar-refractivity contribution is 14.0. The van der Waals surface area contributed by atoms with Gasteiger partial charge in [0.25, 0.3) is 0 Å². The molecular formula is C13H21F3IN3OS. The lowest BCUT2D eigenvalue weighted by molar-refractivity contribution is -0.173. The molecule has 22 heavy (non-hydrogen) atoms. The van der Waals surface area contributed by atoms with E-state index in [4.69, 9.17) is 0 Å². The van der Waals surface area contributed by atoms with Gasteiger partial charge in [0.2, 0.25) is 0 Å². The normalized spacial score (nSPS) is 11.9. The number of aliphatic imine (C=N–C) groups is 1. The predicted molar refractivity (Wildman–Crippen MR) is 94.3 cm³/mol. The average Bonchev–Trinajstić information content (AvgIpc) is 2.92. The molecule has 128 valence electrons.